The maximum absolute atomic E-state index is 2.37. The molecule has 0 aliphatic heterocycles. The summed E-state index contributed by atoms with van der Waals surface area (Å²) in [5.74, 6) is 0. The van der Waals surface area contributed by atoms with Gasteiger partial charge in [0.05, 0.1) is 11.0 Å². The smallest absolute Gasteiger partial charge is 0.0542 e. The highest BCUT2D eigenvalue weighted by atomic mass is 15.1. The SMILES string of the molecule is c1ccc(-c2ccc(N(c3ccc(-c4ccc5cc(-c6ccccc6)ccc5c4)cc3)c3ccc4c(c3)c3ccccc3n4-c3ccccc3)cc2)cc1. The molecule has 1 aromatic heterocycles. The lowest BCUT2D eigenvalue weighted by molar-refractivity contribution is 1.18. The van der Waals surface area contributed by atoms with E-state index in [2.05, 4.69) is 228 Å². The van der Waals surface area contributed by atoms with Crippen molar-refractivity contribution in [2.75, 3.05) is 4.90 Å². The number of fused-ring (bicyclic) bond motifs is 4. The van der Waals surface area contributed by atoms with Gasteiger partial charge in [0.15, 0.2) is 0 Å². The van der Waals surface area contributed by atoms with Gasteiger partial charge < -0.3 is 9.47 Å². The lowest BCUT2D eigenvalue weighted by Gasteiger charge is -2.26. The highest BCUT2D eigenvalue weighted by molar-refractivity contribution is 6.10. The average Bonchev–Trinajstić information content (AvgIpc) is 3.58. The Morgan fingerprint density at radius 1 is 0.278 bits per heavy atom. The van der Waals surface area contributed by atoms with E-state index in [4.69, 9.17) is 0 Å². The summed E-state index contributed by atoms with van der Waals surface area (Å²) in [7, 11) is 0. The quantitative estimate of drug-likeness (QED) is 0.162. The maximum Gasteiger partial charge on any atom is 0.0542 e. The number of anilines is 3. The van der Waals surface area contributed by atoms with Crippen LogP contribution < -0.4 is 4.90 Å². The van der Waals surface area contributed by atoms with Crippen LogP contribution in [0.2, 0.25) is 0 Å². The molecule has 0 spiro atoms. The van der Waals surface area contributed by atoms with E-state index >= 15 is 0 Å². The van der Waals surface area contributed by atoms with Gasteiger partial charge in [0.25, 0.3) is 0 Å². The molecular weight excluding hydrogens is 653 g/mol. The Hall–Kier alpha value is -7.16. The lowest BCUT2D eigenvalue weighted by atomic mass is 9.97. The summed E-state index contributed by atoms with van der Waals surface area (Å²) in [5, 5.41) is 4.94. The summed E-state index contributed by atoms with van der Waals surface area (Å²) in [6.07, 6.45) is 0. The standard InChI is InChI=1S/C52H36N2/c1-4-12-37(13-5-1)39-24-28-46(29-25-39)53(48-32-33-52-50(36-48)49-18-10-11-19-51(49)54(52)45-16-8-3-9-17-45)47-30-26-40(27-31-47)42-21-23-43-34-41(20-22-44(43)35-42)38-14-6-2-7-15-38/h1-36H. The van der Waals surface area contributed by atoms with Gasteiger partial charge in [-0.05, 0) is 117 Å². The fourth-order valence-corrected chi connectivity index (χ4v) is 7.87. The van der Waals surface area contributed by atoms with E-state index in [-0.39, 0.29) is 0 Å². The van der Waals surface area contributed by atoms with Crippen molar-refractivity contribution in [3.63, 3.8) is 0 Å². The third kappa shape index (κ3) is 5.71. The average molecular weight is 689 g/mol. The Labute approximate surface area is 315 Å². The molecule has 0 fully saturated rings. The predicted molar refractivity (Wildman–Crippen MR) is 229 cm³/mol. The van der Waals surface area contributed by atoms with Crippen LogP contribution in [0.4, 0.5) is 17.1 Å². The number of benzene rings is 9. The second-order valence-electron chi connectivity index (χ2n) is 13.8. The monoisotopic (exact) mass is 688 g/mol. The molecule has 0 saturated heterocycles. The van der Waals surface area contributed by atoms with Gasteiger partial charge in [-0.2, -0.15) is 0 Å². The molecule has 0 unspecified atom stereocenters. The van der Waals surface area contributed by atoms with Crippen LogP contribution in [0.1, 0.15) is 0 Å². The summed E-state index contributed by atoms with van der Waals surface area (Å²) < 4.78 is 2.37. The first-order valence-electron chi connectivity index (χ1n) is 18.5. The van der Waals surface area contributed by atoms with Crippen LogP contribution >= 0.6 is 0 Å². The number of aromatic nitrogens is 1. The van der Waals surface area contributed by atoms with Gasteiger partial charge in [-0.15, -0.1) is 0 Å². The van der Waals surface area contributed by atoms with Crippen molar-refractivity contribution in [1.29, 1.82) is 0 Å². The van der Waals surface area contributed by atoms with E-state index in [0.29, 0.717) is 0 Å². The molecule has 2 nitrogen and oxygen atoms in total. The molecule has 2 heteroatoms. The van der Waals surface area contributed by atoms with Crippen molar-refractivity contribution in [3.05, 3.63) is 218 Å². The molecule has 254 valence electrons. The van der Waals surface area contributed by atoms with Crippen LogP contribution in [0, 0.1) is 0 Å². The molecule has 54 heavy (non-hydrogen) atoms. The number of hydrogen-bond donors (Lipinski definition) is 0. The Kier molecular flexibility index (Phi) is 7.85. The van der Waals surface area contributed by atoms with E-state index in [9.17, 15) is 0 Å². The highest BCUT2D eigenvalue weighted by Gasteiger charge is 2.18. The number of rotatable bonds is 7. The Bertz CT molecular complexity index is 2890. The fourth-order valence-electron chi connectivity index (χ4n) is 7.87. The maximum atomic E-state index is 2.37. The molecule has 0 aliphatic carbocycles. The van der Waals surface area contributed by atoms with Gasteiger partial charge in [0, 0.05) is 33.5 Å². The summed E-state index contributed by atoms with van der Waals surface area (Å²) in [6, 6.07) is 78.9. The third-order valence-electron chi connectivity index (χ3n) is 10.6. The zero-order valence-corrected chi connectivity index (χ0v) is 29.7. The molecule has 0 aliphatic rings. The zero-order chi connectivity index (χ0) is 35.8. The molecule has 0 saturated carbocycles. The summed E-state index contributed by atoms with van der Waals surface area (Å²) in [6.45, 7) is 0. The van der Waals surface area contributed by atoms with Crippen LogP contribution in [0.5, 0.6) is 0 Å². The Morgan fingerprint density at radius 3 is 1.30 bits per heavy atom. The van der Waals surface area contributed by atoms with Gasteiger partial charge in [-0.1, -0.05) is 146 Å². The molecule has 0 bridgehead atoms. The second-order valence-corrected chi connectivity index (χ2v) is 13.8. The van der Waals surface area contributed by atoms with E-state index in [1.54, 1.807) is 0 Å². The Morgan fingerprint density at radius 2 is 0.704 bits per heavy atom. The van der Waals surface area contributed by atoms with Gasteiger partial charge >= 0.3 is 0 Å². The number of hydrogen-bond acceptors (Lipinski definition) is 1. The molecule has 0 radical (unpaired) electrons. The fraction of sp³-hybridized carbons (Fsp3) is 0. The first-order valence-corrected chi connectivity index (χ1v) is 18.5. The van der Waals surface area contributed by atoms with Gasteiger partial charge in [0.2, 0.25) is 0 Å². The first-order chi connectivity index (χ1) is 26.8. The Balaban J connectivity index is 1.06. The van der Waals surface area contributed by atoms with Crippen LogP contribution in [0.3, 0.4) is 0 Å². The molecule has 0 N–H and O–H groups in total. The third-order valence-corrected chi connectivity index (χ3v) is 10.6. The van der Waals surface area contributed by atoms with Crippen molar-refractivity contribution in [2.45, 2.75) is 0 Å². The van der Waals surface area contributed by atoms with E-state index in [1.807, 2.05) is 0 Å². The van der Waals surface area contributed by atoms with Crippen molar-refractivity contribution in [1.82, 2.24) is 4.57 Å². The van der Waals surface area contributed by atoms with Gasteiger partial charge in [0.1, 0.15) is 0 Å². The highest BCUT2D eigenvalue weighted by Crippen LogP contribution is 2.41. The van der Waals surface area contributed by atoms with Crippen LogP contribution in [0.25, 0.3) is 71.6 Å². The van der Waals surface area contributed by atoms with E-state index < -0.39 is 0 Å². The number of nitrogens with zero attached hydrogens (tertiary/aromatic N) is 2. The largest absolute Gasteiger partial charge is 0.310 e. The van der Waals surface area contributed by atoms with Crippen molar-refractivity contribution >= 4 is 49.6 Å². The van der Waals surface area contributed by atoms with Crippen LogP contribution in [-0.4, -0.2) is 4.57 Å². The first kappa shape index (κ1) is 31.6. The molecule has 0 atom stereocenters. The van der Waals surface area contributed by atoms with Crippen molar-refractivity contribution < 1.29 is 0 Å². The summed E-state index contributed by atoms with van der Waals surface area (Å²) >= 11 is 0. The zero-order valence-electron chi connectivity index (χ0n) is 29.7. The molecule has 10 rings (SSSR count). The molecular formula is C52H36N2. The minimum atomic E-state index is 1.10. The van der Waals surface area contributed by atoms with Crippen molar-refractivity contribution in [3.8, 4) is 39.1 Å². The van der Waals surface area contributed by atoms with Crippen LogP contribution in [0.15, 0.2) is 218 Å². The predicted octanol–water partition coefficient (Wildman–Crippen LogP) is 14.4. The van der Waals surface area contributed by atoms with E-state index in [1.165, 1.54) is 66.0 Å². The molecule has 1 heterocycles. The minimum Gasteiger partial charge on any atom is -0.310 e. The minimum absolute atomic E-state index is 1.10. The summed E-state index contributed by atoms with van der Waals surface area (Å²) in [4.78, 5) is 2.37. The molecule has 0 amide bonds. The summed E-state index contributed by atoms with van der Waals surface area (Å²) in [5.41, 5.74) is 14.1. The molecule has 10 aromatic rings. The number of para-hydroxylation sites is 2. The topological polar surface area (TPSA) is 8.17 Å². The second kappa shape index (κ2) is 13.4. The van der Waals surface area contributed by atoms with Gasteiger partial charge in [-0.25, -0.2) is 0 Å². The van der Waals surface area contributed by atoms with Crippen molar-refractivity contribution in [2.24, 2.45) is 0 Å². The molecule has 9 aromatic carbocycles. The normalized spacial score (nSPS) is 11.3. The van der Waals surface area contributed by atoms with E-state index in [0.717, 1.165) is 22.7 Å². The van der Waals surface area contributed by atoms with Crippen LogP contribution in [-0.2, 0) is 0 Å². The lowest BCUT2D eigenvalue weighted by Crippen LogP contribution is -2.10. The van der Waals surface area contributed by atoms with Gasteiger partial charge in [-0.3, -0.25) is 0 Å².